The second kappa shape index (κ2) is 12.5. The summed E-state index contributed by atoms with van der Waals surface area (Å²) in [5.41, 5.74) is 9.04. The highest BCUT2D eigenvalue weighted by Crippen LogP contribution is 2.26. The van der Waals surface area contributed by atoms with E-state index in [1.54, 1.807) is 0 Å². The maximum absolute atomic E-state index is 12.8. The molecule has 1 aliphatic rings. The van der Waals surface area contributed by atoms with E-state index in [1.165, 1.54) is 18.4 Å². The first-order chi connectivity index (χ1) is 16.7. The molecule has 1 saturated heterocycles. The maximum Gasteiger partial charge on any atom is 0.162 e. The molecule has 3 aromatic carbocycles. The first-order valence-corrected chi connectivity index (χ1v) is 12.5. The van der Waals surface area contributed by atoms with Crippen LogP contribution >= 0.6 is 0 Å². The number of carbonyl (C=O) groups excluding carboxylic acids is 1. The van der Waals surface area contributed by atoms with Crippen molar-refractivity contribution >= 4 is 5.78 Å². The van der Waals surface area contributed by atoms with Gasteiger partial charge in [-0.15, -0.1) is 0 Å². The van der Waals surface area contributed by atoms with Crippen LogP contribution in [-0.2, 0) is 6.54 Å². The summed E-state index contributed by atoms with van der Waals surface area (Å²) in [6, 6.07) is 28.4. The standard InChI is InChI=1S/C30H36N2O2/c31-20-17-30(34-28-9-5-2-6-10-28)27-14-12-26(13-15-27)29(33)16-11-24-18-21-32(22-19-24)23-25-7-3-1-4-8-25/h1-10,12-15,24,30H,11,16-23,31H2. The fourth-order valence-corrected chi connectivity index (χ4v) is 4.75. The van der Waals surface area contributed by atoms with E-state index in [4.69, 9.17) is 10.5 Å². The zero-order valence-corrected chi connectivity index (χ0v) is 19.9. The van der Waals surface area contributed by atoms with Gasteiger partial charge >= 0.3 is 0 Å². The molecule has 4 nitrogen and oxygen atoms in total. The van der Waals surface area contributed by atoms with Crippen LogP contribution in [0.5, 0.6) is 5.75 Å². The van der Waals surface area contributed by atoms with E-state index in [2.05, 4.69) is 35.2 Å². The van der Waals surface area contributed by atoms with E-state index in [1.807, 2.05) is 54.6 Å². The largest absolute Gasteiger partial charge is 0.486 e. The van der Waals surface area contributed by atoms with Gasteiger partial charge in [0.05, 0.1) is 0 Å². The molecule has 4 rings (SSSR count). The lowest BCUT2D eigenvalue weighted by Crippen LogP contribution is -2.33. The number of carbonyl (C=O) groups is 1. The van der Waals surface area contributed by atoms with Crippen LogP contribution in [-0.4, -0.2) is 30.3 Å². The highest BCUT2D eigenvalue weighted by molar-refractivity contribution is 5.96. The van der Waals surface area contributed by atoms with Crippen LogP contribution in [0.25, 0.3) is 0 Å². The van der Waals surface area contributed by atoms with Crippen molar-refractivity contribution in [1.82, 2.24) is 4.90 Å². The Hall–Kier alpha value is -2.95. The molecule has 4 heteroatoms. The number of likely N-dealkylation sites (tertiary alicyclic amines) is 1. The predicted molar refractivity (Wildman–Crippen MR) is 138 cm³/mol. The number of Topliss-reactive ketones (excluding diaryl/α,β-unsaturated/α-hetero) is 1. The van der Waals surface area contributed by atoms with Gasteiger partial charge in [-0.3, -0.25) is 9.69 Å². The molecule has 34 heavy (non-hydrogen) atoms. The lowest BCUT2D eigenvalue weighted by Gasteiger charge is -2.32. The van der Waals surface area contributed by atoms with Crippen molar-refractivity contribution in [2.24, 2.45) is 11.7 Å². The molecule has 2 N–H and O–H groups in total. The number of hydrogen-bond acceptors (Lipinski definition) is 4. The summed E-state index contributed by atoms with van der Waals surface area (Å²) in [7, 11) is 0. The molecule has 1 unspecified atom stereocenters. The SMILES string of the molecule is NCCC(Oc1ccccc1)c1ccc(C(=O)CCC2CCN(Cc3ccccc3)CC2)cc1. The maximum atomic E-state index is 12.8. The number of ether oxygens (including phenoxy) is 1. The van der Waals surface area contributed by atoms with Gasteiger partial charge in [-0.05, 0) is 68.1 Å². The van der Waals surface area contributed by atoms with Crippen LogP contribution in [0.2, 0.25) is 0 Å². The second-order valence-electron chi connectivity index (χ2n) is 9.29. The smallest absolute Gasteiger partial charge is 0.162 e. The Morgan fingerprint density at radius 2 is 1.56 bits per heavy atom. The van der Waals surface area contributed by atoms with Gasteiger partial charge in [0, 0.05) is 24.9 Å². The third kappa shape index (κ3) is 7.02. The molecule has 0 aliphatic carbocycles. The Morgan fingerprint density at radius 1 is 0.912 bits per heavy atom. The third-order valence-electron chi connectivity index (χ3n) is 6.79. The summed E-state index contributed by atoms with van der Waals surface area (Å²) < 4.78 is 6.15. The topological polar surface area (TPSA) is 55.6 Å². The van der Waals surface area contributed by atoms with E-state index in [0.29, 0.717) is 18.9 Å². The van der Waals surface area contributed by atoms with Crippen LogP contribution in [0, 0.1) is 5.92 Å². The number of rotatable bonds is 11. The first kappa shape index (κ1) is 24.2. The fourth-order valence-electron chi connectivity index (χ4n) is 4.75. The number of para-hydroxylation sites is 1. The lowest BCUT2D eigenvalue weighted by atomic mass is 9.90. The molecule has 0 spiro atoms. The van der Waals surface area contributed by atoms with E-state index < -0.39 is 0 Å². The molecule has 3 aromatic rings. The highest BCUT2D eigenvalue weighted by Gasteiger charge is 2.20. The van der Waals surface area contributed by atoms with Gasteiger partial charge in [-0.2, -0.15) is 0 Å². The van der Waals surface area contributed by atoms with Crippen molar-refractivity contribution in [1.29, 1.82) is 0 Å². The van der Waals surface area contributed by atoms with Crippen molar-refractivity contribution in [3.63, 3.8) is 0 Å². The monoisotopic (exact) mass is 456 g/mol. The number of benzene rings is 3. The van der Waals surface area contributed by atoms with Crippen molar-refractivity contribution in [3.05, 3.63) is 102 Å². The molecule has 1 aliphatic heterocycles. The summed E-state index contributed by atoms with van der Waals surface area (Å²) in [6.07, 6.45) is 4.57. The van der Waals surface area contributed by atoms with E-state index in [-0.39, 0.29) is 11.9 Å². The van der Waals surface area contributed by atoms with E-state index >= 15 is 0 Å². The van der Waals surface area contributed by atoms with Gasteiger partial charge in [0.15, 0.2) is 5.78 Å². The predicted octanol–water partition coefficient (Wildman–Crippen LogP) is 6.03. The Bertz CT molecular complexity index is 997. The fraction of sp³-hybridized carbons (Fsp3) is 0.367. The second-order valence-corrected chi connectivity index (χ2v) is 9.29. The Labute approximate surface area is 203 Å². The Kier molecular flexibility index (Phi) is 8.89. The number of ketones is 1. The van der Waals surface area contributed by atoms with Crippen LogP contribution < -0.4 is 10.5 Å². The average molecular weight is 457 g/mol. The lowest BCUT2D eigenvalue weighted by molar-refractivity contribution is 0.0961. The van der Waals surface area contributed by atoms with Crippen LogP contribution in [0.4, 0.5) is 0 Å². The minimum atomic E-state index is -0.113. The summed E-state index contributed by atoms with van der Waals surface area (Å²) >= 11 is 0. The normalized spacial score (nSPS) is 15.7. The van der Waals surface area contributed by atoms with Gasteiger partial charge in [-0.25, -0.2) is 0 Å². The molecule has 0 aromatic heterocycles. The molecule has 178 valence electrons. The molecular formula is C30H36N2O2. The minimum absolute atomic E-state index is 0.113. The number of nitrogens with two attached hydrogens (primary N) is 1. The molecule has 1 heterocycles. The van der Waals surface area contributed by atoms with Crippen LogP contribution in [0.1, 0.15) is 59.7 Å². The molecule has 0 radical (unpaired) electrons. The molecular weight excluding hydrogens is 420 g/mol. The zero-order chi connectivity index (χ0) is 23.6. The quantitative estimate of drug-likeness (QED) is 0.358. The number of nitrogens with zero attached hydrogens (tertiary/aromatic N) is 1. The zero-order valence-electron chi connectivity index (χ0n) is 19.9. The molecule has 0 saturated carbocycles. The van der Waals surface area contributed by atoms with Gasteiger partial charge in [-0.1, -0.05) is 72.8 Å². The van der Waals surface area contributed by atoms with Crippen molar-refractivity contribution < 1.29 is 9.53 Å². The van der Waals surface area contributed by atoms with Crippen molar-refractivity contribution in [3.8, 4) is 5.75 Å². The van der Waals surface area contributed by atoms with Crippen molar-refractivity contribution in [2.75, 3.05) is 19.6 Å². The Morgan fingerprint density at radius 3 is 2.21 bits per heavy atom. The van der Waals surface area contributed by atoms with Crippen LogP contribution in [0.3, 0.4) is 0 Å². The molecule has 1 atom stereocenters. The van der Waals surface area contributed by atoms with Crippen molar-refractivity contribution in [2.45, 2.75) is 44.8 Å². The number of hydrogen-bond donors (Lipinski definition) is 1. The number of piperidine rings is 1. The van der Waals surface area contributed by atoms with Crippen LogP contribution in [0.15, 0.2) is 84.9 Å². The van der Waals surface area contributed by atoms with E-state index in [9.17, 15) is 4.79 Å². The summed E-state index contributed by atoms with van der Waals surface area (Å²) in [6.45, 7) is 3.80. The highest BCUT2D eigenvalue weighted by atomic mass is 16.5. The summed E-state index contributed by atoms with van der Waals surface area (Å²) in [4.78, 5) is 15.4. The first-order valence-electron chi connectivity index (χ1n) is 12.5. The molecule has 0 bridgehead atoms. The van der Waals surface area contributed by atoms with Gasteiger partial charge in [0.1, 0.15) is 11.9 Å². The Balaban J connectivity index is 1.24. The summed E-state index contributed by atoms with van der Waals surface area (Å²) in [5, 5.41) is 0. The van der Waals surface area contributed by atoms with Gasteiger partial charge in [0.25, 0.3) is 0 Å². The average Bonchev–Trinajstić information content (AvgIpc) is 2.89. The van der Waals surface area contributed by atoms with Gasteiger partial charge < -0.3 is 10.5 Å². The molecule has 0 amide bonds. The third-order valence-corrected chi connectivity index (χ3v) is 6.79. The van der Waals surface area contributed by atoms with E-state index in [0.717, 1.165) is 49.4 Å². The summed E-state index contributed by atoms with van der Waals surface area (Å²) in [5.74, 6) is 1.71. The van der Waals surface area contributed by atoms with Gasteiger partial charge in [0.2, 0.25) is 0 Å². The minimum Gasteiger partial charge on any atom is -0.486 e. The molecule has 1 fully saturated rings.